The van der Waals surface area contributed by atoms with Crippen molar-refractivity contribution in [1.29, 1.82) is 0 Å². The number of ether oxygens (including phenoxy) is 1. The first-order valence-electron chi connectivity index (χ1n) is 8.40. The molecule has 0 aliphatic carbocycles. The van der Waals surface area contributed by atoms with Crippen LogP contribution in [0.3, 0.4) is 0 Å². The van der Waals surface area contributed by atoms with Crippen molar-refractivity contribution in [2.24, 2.45) is 5.92 Å². The first-order valence-corrected chi connectivity index (χ1v) is 8.77. The van der Waals surface area contributed by atoms with Crippen LogP contribution in [-0.4, -0.2) is 18.5 Å². The molecule has 0 unspecified atom stereocenters. The summed E-state index contributed by atoms with van der Waals surface area (Å²) in [5, 5.41) is 3.29. The van der Waals surface area contributed by atoms with Gasteiger partial charge >= 0.3 is 5.97 Å². The van der Waals surface area contributed by atoms with Crippen molar-refractivity contribution in [1.82, 2.24) is 5.32 Å². The molecule has 2 rings (SSSR count). The average Bonchev–Trinajstić information content (AvgIpc) is 2.55. The Hall–Kier alpha value is -1.81. The van der Waals surface area contributed by atoms with Crippen LogP contribution in [0.25, 0.3) is 0 Å². The molecule has 0 radical (unpaired) electrons. The molecule has 1 aromatic carbocycles. The fourth-order valence-corrected chi connectivity index (χ4v) is 3.26. The summed E-state index contributed by atoms with van der Waals surface area (Å²) in [4.78, 5) is 24.6. The number of nitrogens with one attached hydrogen (secondary N) is 1. The van der Waals surface area contributed by atoms with Gasteiger partial charge in [0.05, 0.1) is 12.2 Å². The molecule has 1 heterocycles. The predicted molar refractivity (Wildman–Crippen MR) is 94.7 cm³/mol. The number of carbonyl (C=O) groups is 2. The second-order valence-electron chi connectivity index (χ2n) is 6.15. The Balaban J connectivity index is 2.29. The van der Waals surface area contributed by atoms with E-state index in [1.807, 2.05) is 18.2 Å². The van der Waals surface area contributed by atoms with E-state index in [4.69, 9.17) is 16.3 Å². The smallest absolute Gasteiger partial charge is 0.336 e. The van der Waals surface area contributed by atoms with Gasteiger partial charge in [0.15, 0.2) is 0 Å². The van der Waals surface area contributed by atoms with E-state index in [9.17, 15) is 9.59 Å². The first kappa shape index (κ1) is 18.5. The van der Waals surface area contributed by atoms with Gasteiger partial charge in [0.25, 0.3) is 0 Å². The minimum atomic E-state index is -0.373. The number of carbonyl (C=O) groups excluding carboxylic acids is 2. The van der Waals surface area contributed by atoms with Crippen LogP contribution in [0.15, 0.2) is 35.5 Å². The largest absolute Gasteiger partial charge is 0.462 e. The van der Waals surface area contributed by atoms with Crippen molar-refractivity contribution in [3.05, 3.63) is 46.1 Å². The Morgan fingerprint density at radius 3 is 2.62 bits per heavy atom. The van der Waals surface area contributed by atoms with Crippen molar-refractivity contribution in [2.75, 3.05) is 6.61 Å². The molecule has 24 heavy (non-hydrogen) atoms. The van der Waals surface area contributed by atoms with Crippen molar-refractivity contribution in [3.63, 3.8) is 0 Å². The lowest BCUT2D eigenvalue weighted by Gasteiger charge is -2.27. The molecule has 0 aromatic heterocycles. The molecular weight excluding hydrogens is 326 g/mol. The van der Waals surface area contributed by atoms with Crippen molar-refractivity contribution < 1.29 is 14.3 Å². The standard InChI is InChI=1S/C19H24ClNO3/c1-4-13(5-2)11-24-19(23)18-12(3)21-17(22)10-15(18)14-8-6-7-9-16(14)20/h6-9,13,15H,4-5,10-11H2,1-3H3,(H,21,22)/t15-/m1/s1. The zero-order valence-corrected chi connectivity index (χ0v) is 15.2. The number of amides is 1. The molecule has 1 atom stereocenters. The highest BCUT2D eigenvalue weighted by molar-refractivity contribution is 6.31. The normalized spacial score (nSPS) is 17.9. The fraction of sp³-hybridized carbons (Fsp3) is 0.474. The van der Waals surface area contributed by atoms with E-state index in [2.05, 4.69) is 19.2 Å². The third kappa shape index (κ3) is 4.18. The van der Waals surface area contributed by atoms with Gasteiger partial charge in [-0.15, -0.1) is 0 Å². The van der Waals surface area contributed by atoms with Crippen LogP contribution in [-0.2, 0) is 14.3 Å². The maximum Gasteiger partial charge on any atom is 0.336 e. The van der Waals surface area contributed by atoms with Crippen LogP contribution in [0.2, 0.25) is 5.02 Å². The third-order valence-electron chi connectivity index (χ3n) is 4.57. The molecule has 0 fully saturated rings. The summed E-state index contributed by atoms with van der Waals surface area (Å²) in [7, 11) is 0. The van der Waals surface area contributed by atoms with Crippen molar-refractivity contribution >= 4 is 23.5 Å². The summed E-state index contributed by atoms with van der Waals surface area (Å²) in [5.41, 5.74) is 1.82. The second kappa shape index (κ2) is 8.34. The summed E-state index contributed by atoms with van der Waals surface area (Å²) in [5.74, 6) is -0.508. The molecular formula is C19H24ClNO3. The quantitative estimate of drug-likeness (QED) is 0.783. The summed E-state index contributed by atoms with van der Waals surface area (Å²) in [6.07, 6.45) is 2.12. The molecule has 130 valence electrons. The highest BCUT2D eigenvalue weighted by Crippen LogP contribution is 2.37. The molecule has 1 aliphatic heterocycles. The molecule has 0 spiro atoms. The Kier molecular flexibility index (Phi) is 6.44. The Morgan fingerprint density at radius 1 is 1.33 bits per heavy atom. The van der Waals surface area contributed by atoms with E-state index >= 15 is 0 Å². The Labute approximate surface area is 148 Å². The van der Waals surface area contributed by atoms with E-state index in [-0.39, 0.29) is 24.2 Å². The highest BCUT2D eigenvalue weighted by Gasteiger charge is 2.33. The number of rotatable bonds is 6. The van der Waals surface area contributed by atoms with Gasteiger partial charge in [-0.1, -0.05) is 56.5 Å². The topological polar surface area (TPSA) is 55.4 Å². The number of hydrogen-bond donors (Lipinski definition) is 1. The van der Waals surface area contributed by atoms with E-state index in [0.717, 1.165) is 18.4 Å². The van der Waals surface area contributed by atoms with Gasteiger partial charge in [0, 0.05) is 23.1 Å². The maximum atomic E-state index is 12.7. The predicted octanol–water partition coefficient (Wildman–Crippen LogP) is 4.20. The van der Waals surface area contributed by atoms with Gasteiger partial charge in [0.2, 0.25) is 5.91 Å². The van der Waals surface area contributed by atoms with Gasteiger partial charge in [-0.3, -0.25) is 4.79 Å². The van der Waals surface area contributed by atoms with Crippen molar-refractivity contribution in [2.45, 2.75) is 46.0 Å². The molecule has 0 saturated carbocycles. The van der Waals surface area contributed by atoms with Crippen LogP contribution in [0.4, 0.5) is 0 Å². The Bertz CT molecular complexity index is 650. The third-order valence-corrected chi connectivity index (χ3v) is 4.92. The van der Waals surface area contributed by atoms with Crippen LogP contribution >= 0.6 is 11.6 Å². The zero-order valence-electron chi connectivity index (χ0n) is 14.4. The molecule has 1 amide bonds. The van der Waals surface area contributed by atoms with Crippen molar-refractivity contribution in [3.8, 4) is 0 Å². The van der Waals surface area contributed by atoms with E-state index < -0.39 is 0 Å². The average molecular weight is 350 g/mol. The summed E-state index contributed by atoms with van der Waals surface area (Å²) in [6.45, 7) is 6.29. The number of halogens is 1. The fourth-order valence-electron chi connectivity index (χ4n) is 2.99. The first-order chi connectivity index (χ1) is 11.5. The molecule has 0 bridgehead atoms. The maximum absolute atomic E-state index is 12.7. The van der Waals surface area contributed by atoms with Gasteiger partial charge in [-0.05, 0) is 24.5 Å². The number of allylic oxidation sites excluding steroid dienone is 1. The molecule has 1 N–H and O–H groups in total. The SMILES string of the molecule is CCC(CC)COC(=O)C1=C(C)NC(=O)C[C@@H]1c1ccccc1Cl. The molecule has 5 heteroatoms. The minimum absolute atomic E-state index is 0.117. The Morgan fingerprint density at radius 2 is 2.00 bits per heavy atom. The van der Waals surface area contributed by atoms with Gasteiger partial charge in [-0.25, -0.2) is 4.79 Å². The van der Waals surface area contributed by atoms with Gasteiger partial charge in [0.1, 0.15) is 0 Å². The lowest BCUT2D eigenvalue weighted by Crippen LogP contribution is -2.34. The monoisotopic (exact) mass is 349 g/mol. The minimum Gasteiger partial charge on any atom is -0.462 e. The van der Waals surface area contributed by atoms with Crippen LogP contribution in [0.1, 0.15) is 51.5 Å². The molecule has 1 aromatic rings. The van der Waals surface area contributed by atoms with Crippen LogP contribution < -0.4 is 5.32 Å². The second-order valence-corrected chi connectivity index (χ2v) is 6.55. The number of esters is 1. The molecule has 0 saturated heterocycles. The number of hydrogen-bond acceptors (Lipinski definition) is 3. The molecule has 4 nitrogen and oxygen atoms in total. The van der Waals surface area contributed by atoms with E-state index in [1.165, 1.54) is 0 Å². The lowest BCUT2D eigenvalue weighted by atomic mass is 9.84. The summed E-state index contributed by atoms with van der Waals surface area (Å²) < 4.78 is 5.53. The van der Waals surface area contributed by atoms with Crippen LogP contribution in [0, 0.1) is 5.92 Å². The lowest BCUT2D eigenvalue weighted by molar-refractivity contribution is -0.141. The van der Waals surface area contributed by atoms with Gasteiger partial charge in [-0.2, -0.15) is 0 Å². The summed E-state index contributed by atoms with van der Waals surface area (Å²) >= 11 is 6.29. The number of benzene rings is 1. The summed E-state index contributed by atoms with van der Waals surface area (Å²) in [6, 6.07) is 7.31. The van der Waals surface area contributed by atoms with Crippen LogP contribution in [0.5, 0.6) is 0 Å². The van der Waals surface area contributed by atoms with E-state index in [0.29, 0.717) is 28.8 Å². The zero-order chi connectivity index (χ0) is 17.7. The van der Waals surface area contributed by atoms with Gasteiger partial charge < -0.3 is 10.1 Å². The van der Waals surface area contributed by atoms with E-state index in [1.54, 1.807) is 13.0 Å². The highest BCUT2D eigenvalue weighted by atomic mass is 35.5. The molecule has 1 aliphatic rings.